The molecule has 0 unspecified atom stereocenters. The molecule has 1 amide bonds. The summed E-state index contributed by atoms with van der Waals surface area (Å²) in [5.74, 6) is 1.09. The summed E-state index contributed by atoms with van der Waals surface area (Å²) in [4.78, 5) is 45.6. The molecule has 2 spiro atoms. The van der Waals surface area contributed by atoms with Crippen LogP contribution in [0, 0.1) is 46.8 Å². The van der Waals surface area contributed by atoms with Gasteiger partial charge in [-0.05, 0) is 62.7 Å². The SMILES string of the molecule is CC(C)CN(NC(=O)C1CCC2(CC1)OOC1(OO2)C2CC3CC(C2)CC1C3)c1ccnc(C#N)n1. The number of anilines is 1. The van der Waals surface area contributed by atoms with E-state index in [1.54, 1.807) is 11.1 Å². The average molecular weight is 498 g/mol. The third-order valence-corrected chi connectivity index (χ3v) is 8.85. The molecule has 5 saturated carbocycles. The van der Waals surface area contributed by atoms with E-state index in [4.69, 9.17) is 24.8 Å². The molecule has 6 aliphatic rings. The topological polar surface area (TPSA) is 119 Å². The lowest BCUT2D eigenvalue weighted by Crippen LogP contribution is -2.65. The van der Waals surface area contributed by atoms with Crippen molar-refractivity contribution in [3.63, 3.8) is 0 Å². The van der Waals surface area contributed by atoms with Gasteiger partial charge in [0.1, 0.15) is 6.07 Å². The van der Waals surface area contributed by atoms with Crippen LogP contribution in [-0.2, 0) is 24.3 Å². The van der Waals surface area contributed by atoms with Crippen molar-refractivity contribution in [3.8, 4) is 6.07 Å². The Morgan fingerprint density at radius 3 is 2.33 bits per heavy atom. The molecular weight excluding hydrogens is 462 g/mol. The lowest BCUT2D eigenvalue weighted by molar-refractivity contribution is -0.680. The Kier molecular flexibility index (Phi) is 6.15. The van der Waals surface area contributed by atoms with E-state index >= 15 is 0 Å². The Balaban J connectivity index is 1.06. The van der Waals surface area contributed by atoms with Crippen LogP contribution in [0.5, 0.6) is 0 Å². The Morgan fingerprint density at radius 1 is 1.11 bits per heavy atom. The van der Waals surface area contributed by atoms with Gasteiger partial charge in [-0.1, -0.05) is 13.8 Å². The first-order valence-corrected chi connectivity index (χ1v) is 13.4. The van der Waals surface area contributed by atoms with E-state index in [0.717, 1.165) is 37.5 Å². The van der Waals surface area contributed by atoms with Crippen LogP contribution in [0.4, 0.5) is 5.82 Å². The zero-order valence-electron chi connectivity index (χ0n) is 21.0. The molecule has 1 saturated heterocycles. The van der Waals surface area contributed by atoms with Crippen LogP contribution in [0.15, 0.2) is 12.3 Å². The Hall–Kier alpha value is -2.32. The fourth-order valence-electron chi connectivity index (χ4n) is 7.25. The third kappa shape index (κ3) is 4.26. The molecule has 6 fully saturated rings. The second kappa shape index (κ2) is 9.21. The highest BCUT2D eigenvalue weighted by molar-refractivity contribution is 5.80. The van der Waals surface area contributed by atoms with E-state index < -0.39 is 11.6 Å². The van der Waals surface area contributed by atoms with E-state index in [0.29, 0.717) is 49.9 Å². The molecule has 1 aromatic rings. The standard InChI is InChI=1S/C26H35N5O5/c1-16(2)15-31(23-5-8-28-22(14-27)29-23)30-24(32)19-3-6-25(7-4-19)33-35-26(36-34-25)20-10-17-9-18(12-20)13-21(26)11-17/h5,8,16-21H,3-4,6-7,9-13,15H2,1-2H3,(H,30,32). The molecular formula is C26H35N5O5. The van der Waals surface area contributed by atoms with Crippen molar-refractivity contribution in [3.05, 3.63) is 18.1 Å². The largest absolute Gasteiger partial charge is 0.273 e. The Labute approximate surface area is 211 Å². The van der Waals surface area contributed by atoms with E-state index in [-0.39, 0.29) is 23.6 Å². The second-order valence-electron chi connectivity index (χ2n) is 11.9. The van der Waals surface area contributed by atoms with Crippen LogP contribution >= 0.6 is 0 Å². The highest BCUT2D eigenvalue weighted by Crippen LogP contribution is 2.61. The van der Waals surface area contributed by atoms with Crippen molar-refractivity contribution >= 4 is 11.7 Å². The van der Waals surface area contributed by atoms with E-state index in [2.05, 4.69) is 29.2 Å². The van der Waals surface area contributed by atoms with Gasteiger partial charge in [-0.2, -0.15) is 29.8 Å². The number of carbonyl (C=O) groups excluding carboxylic acids is 1. The van der Waals surface area contributed by atoms with Crippen LogP contribution in [0.3, 0.4) is 0 Å². The molecule has 5 aliphatic carbocycles. The van der Waals surface area contributed by atoms with Gasteiger partial charge in [-0.25, -0.2) is 4.98 Å². The van der Waals surface area contributed by atoms with Gasteiger partial charge in [-0.3, -0.25) is 15.2 Å². The predicted octanol–water partition coefficient (Wildman–Crippen LogP) is 3.79. The number of aromatic nitrogens is 2. The summed E-state index contributed by atoms with van der Waals surface area (Å²) < 4.78 is 0. The molecule has 194 valence electrons. The predicted molar refractivity (Wildman–Crippen MR) is 126 cm³/mol. The summed E-state index contributed by atoms with van der Waals surface area (Å²) in [6.45, 7) is 4.68. The first-order chi connectivity index (χ1) is 17.4. The molecule has 0 radical (unpaired) electrons. The summed E-state index contributed by atoms with van der Waals surface area (Å²) >= 11 is 0. The van der Waals surface area contributed by atoms with Gasteiger partial charge in [0.05, 0.1) is 0 Å². The Bertz CT molecular complexity index is 994. The van der Waals surface area contributed by atoms with E-state index in [1.165, 1.54) is 12.6 Å². The van der Waals surface area contributed by atoms with Crippen molar-refractivity contribution < 1.29 is 24.3 Å². The number of rotatable bonds is 5. The maximum Gasteiger partial charge on any atom is 0.241 e. The van der Waals surface area contributed by atoms with Gasteiger partial charge < -0.3 is 0 Å². The quantitative estimate of drug-likeness (QED) is 0.479. The monoisotopic (exact) mass is 497 g/mol. The maximum atomic E-state index is 13.2. The van der Waals surface area contributed by atoms with Crippen molar-refractivity contribution in [2.45, 2.75) is 83.2 Å². The van der Waals surface area contributed by atoms with Crippen molar-refractivity contribution in [2.24, 2.45) is 35.5 Å². The van der Waals surface area contributed by atoms with Crippen LogP contribution in [0.2, 0.25) is 0 Å². The van der Waals surface area contributed by atoms with Gasteiger partial charge in [0, 0.05) is 49.4 Å². The molecule has 2 heterocycles. The lowest BCUT2D eigenvalue weighted by Gasteiger charge is -2.60. The first-order valence-electron chi connectivity index (χ1n) is 13.4. The molecule has 0 aromatic carbocycles. The minimum absolute atomic E-state index is 0.0682. The zero-order chi connectivity index (χ0) is 24.9. The molecule has 10 nitrogen and oxygen atoms in total. The number of hydrogen-bond donors (Lipinski definition) is 1. The van der Waals surface area contributed by atoms with Gasteiger partial charge in [0.2, 0.25) is 23.3 Å². The van der Waals surface area contributed by atoms with Crippen LogP contribution in [0.1, 0.15) is 77.5 Å². The smallest absolute Gasteiger partial charge is 0.241 e. The third-order valence-electron chi connectivity index (χ3n) is 8.85. The summed E-state index contributed by atoms with van der Waals surface area (Å²) in [6.07, 6.45) is 9.59. The highest BCUT2D eigenvalue weighted by Gasteiger charge is 2.64. The maximum absolute atomic E-state index is 13.2. The van der Waals surface area contributed by atoms with Crippen LogP contribution in [-0.4, -0.2) is 34.0 Å². The average Bonchev–Trinajstić information content (AvgIpc) is 2.88. The Morgan fingerprint density at radius 2 is 1.75 bits per heavy atom. The van der Waals surface area contributed by atoms with Crippen LogP contribution in [0.25, 0.3) is 0 Å². The fourth-order valence-corrected chi connectivity index (χ4v) is 7.25. The van der Waals surface area contributed by atoms with Crippen molar-refractivity contribution in [1.29, 1.82) is 5.26 Å². The number of amides is 1. The molecule has 0 atom stereocenters. The number of nitrogens with one attached hydrogen (secondary N) is 1. The van der Waals surface area contributed by atoms with Gasteiger partial charge in [0.25, 0.3) is 0 Å². The molecule has 1 aliphatic heterocycles. The minimum Gasteiger partial charge on any atom is -0.273 e. The van der Waals surface area contributed by atoms with E-state index in [9.17, 15) is 4.79 Å². The van der Waals surface area contributed by atoms with Crippen molar-refractivity contribution in [1.82, 2.24) is 15.4 Å². The molecule has 36 heavy (non-hydrogen) atoms. The number of nitrogens with zero attached hydrogens (tertiary/aromatic N) is 4. The van der Waals surface area contributed by atoms with Gasteiger partial charge >= 0.3 is 0 Å². The molecule has 1 aromatic heterocycles. The second-order valence-corrected chi connectivity index (χ2v) is 11.9. The molecule has 10 heteroatoms. The minimum atomic E-state index is -0.956. The van der Waals surface area contributed by atoms with Gasteiger partial charge in [0.15, 0.2) is 5.82 Å². The molecule has 1 N–H and O–H groups in total. The highest BCUT2D eigenvalue weighted by atomic mass is 17.4. The summed E-state index contributed by atoms with van der Waals surface area (Å²) in [5.41, 5.74) is 3.01. The summed E-state index contributed by atoms with van der Waals surface area (Å²) in [5, 5.41) is 10.9. The number of hydrogen-bond acceptors (Lipinski definition) is 9. The lowest BCUT2D eigenvalue weighted by atomic mass is 9.53. The number of nitriles is 1. The van der Waals surface area contributed by atoms with Crippen LogP contribution < -0.4 is 10.4 Å². The van der Waals surface area contributed by atoms with E-state index in [1.807, 2.05) is 6.07 Å². The molecule has 7 rings (SSSR count). The normalized spacial score (nSPS) is 38.9. The number of hydrazine groups is 1. The molecule has 4 bridgehead atoms. The first kappa shape index (κ1) is 24.0. The zero-order valence-corrected chi connectivity index (χ0v) is 21.0. The fraction of sp³-hybridized carbons (Fsp3) is 0.769. The van der Waals surface area contributed by atoms with Crippen molar-refractivity contribution in [2.75, 3.05) is 11.6 Å². The summed E-state index contributed by atoms with van der Waals surface area (Å²) in [7, 11) is 0. The number of carbonyl (C=O) groups is 1. The summed E-state index contributed by atoms with van der Waals surface area (Å²) in [6, 6.07) is 3.64. The van der Waals surface area contributed by atoms with Gasteiger partial charge in [-0.15, -0.1) is 0 Å².